The van der Waals surface area contributed by atoms with Gasteiger partial charge in [-0.25, -0.2) is 0 Å². The van der Waals surface area contributed by atoms with Gasteiger partial charge in [0.15, 0.2) is 0 Å². The topological polar surface area (TPSA) is 24.1 Å². The fourth-order valence-corrected chi connectivity index (χ4v) is 2.67. The van der Waals surface area contributed by atoms with Gasteiger partial charge in [-0.15, -0.1) is 0 Å². The van der Waals surface area contributed by atoms with Crippen LogP contribution in [0.15, 0.2) is 22.7 Å². The first-order valence-corrected chi connectivity index (χ1v) is 6.25. The number of hydrogen-bond donors (Lipinski definition) is 2. The highest BCUT2D eigenvalue weighted by atomic mass is 79.9. The SMILES string of the molecule is S=C1Nc2ccc(Br)cc2NCC12CC2. The minimum atomic E-state index is 0.237. The number of anilines is 2. The second-order valence-corrected chi connectivity index (χ2v) is 5.60. The van der Waals surface area contributed by atoms with Crippen LogP contribution in [0, 0.1) is 5.41 Å². The molecule has 0 radical (unpaired) electrons. The van der Waals surface area contributed by atoms with E-state index in [1.807, 2.05) is 6.07 Å². The van der Waals surface area contributed by atoms with Crippen molar-refractivity contribution in [3.63, 3.8) is 0 Å². The average Bonchev–Trinajstić information content (AvgIpc) is 3.00. The molecule has 1 heterocycles. The summed E-state index contributed by atoms with van der Waals surface area (Å²) in [6.45, 7) is 0.961. The summed E-state index contributed by atoms with van der Waals surface area (Å²) in [4.78, 5) is 0.996. The minimum absolute atomic E-state index is 0.237. The molecule has 0 saturated heterocycles. The van der Waals surface area contributed by atoms with Crippen molar-refractivity contribution in [2.45, 2.75) is 12.8 Å². The maximum atomic E-state index is 5.44. The number of hydrogen-bond acceptors (Lipinski definition) is 2. The molecule has 1 saturated carbocycles. The van der Waals surface area contributed by atoms with Crippen molar-refractivity contribution in [2.24, 2.45) is 5.41 Å². The third kappa shape index (κ3) is 1.56. The quantitative estimate of drug-likeness (QED) is 0.714. The van der Waals surface area contributed by atoms with E-state index in [9.17, 15) is 0 Å². The van der Waals surface area contributed by atoms with Gasteiger partial charge in [0.05, 0.1) is 16.4 Å². The van der Waals surface area contributed by atoms with Gasteiger partial charge in [0, 0.05) is 16.4 Å². The molecule has 1 spiro atoms. The zero-order valence-corrected chi connectivity index (χ0v) is 10.5. The van der Waals surface area contributed by atoms with Gasteiger partial charge in [-0.1, -0.05) is 28.1 Å². The molecule has 1 aliphatic carbocycles. The summed E-state index contributed by atoms with van der Waals surface area (Å²) >= 11 is 8.91. The Balaban J connectivity index is 2.00. The van der Waals surface area contributed by atoms with E-state index in [0.29, 0.717) is 0 Å². The van der Waals surface area contributed by atoms with Crippen molar-refractivity contribution in [3.05, 3.63) is 22.7 Å². The van der Waals surface area contributed by atoms with Crippen molar-refractivity contribution in [1.82, 2.24) is 0 Å². The van der Waals surface area contributed by atoms with E-state index >= 15 is 0 Å². The Morgan fingerprint density at radius 2 is 2.07 bits per heavy atom. The smallest absolute Gasteiger partial charge is 0.0878 e. The normalized spacial score (nSPS) is 21.3. The van der Waals surface area contributed by atoms with Gasteiger partial charge in [0.2, 0.25) is 0 Å². The summed E-state index contributed by atoms with van der Waals surface area (Å²) in [5.74, 6) is 0. The Morgan fingerprint density at radius 3 is 2.80 bits per heavy atom. The van der Waals surface area contributed by atoms with E-state index in [-0.39, 0.29) is 5.41 Å². The van der Waals surface area contributed by atoms with Gasteiger partial charge in [0.25, 0.3) is 0 Å². The number of rotatable bonds is 0. The van der Waals surface area contributed by atoms with Gasteiger partial charge in [0.1, 0.15) is 0 Å². The van der Waals surface area contributed by atoms with E-state index in [1.165, 1.54) is 12.8 Å². The highest BCUT2D eigenvalue weighted by molar-refractivity contribution is 9.10. The fourth-order valence-electron chi connectivity index (χ4n) is 1.93. The van der Waals surface area contributed by atoms with Crippen LogP contribution < -0.4 is 10.6 Å². The number of nitrogens with one attached hydrogen (secondary N) is 2. The first-order chi connectivity index (χ1) is 7.20. The standard InChI is InChI=1S/C11H11BrN2S/c12-7-1-2-8-9(5-7)13-6-11(3-4-11)10(15)14-8/h1-2,5,13H,3-4,6H2,(H,14,15). The van der Waals surface area contributed by atoms with Crippen LogP contribution in [0.25, 0.3) is 0 Å². The Labute approximate surface area is 103 Å². The second kappa shape index (κ2) is 3.19. The van der Waals surface area contributed by atoms with E-state index in [4.69, 9.17) is 12.2 Å². The zero-order chi connectivity index (χ0) is 10.5. The van der Waals surface area contributed by atoms with Gasteiger partial charge in [-0.2, -0.15) is 0 Å². The molecule has 0 bridgehead atoms. The molecule has 2 nitrogen and oxygen atoms in total. The van der Waals surface area contributed by atoms with E-state index < -0.39 is 0 Å². The molecule has 0 atom stereocenters. The van der Waals surface area contributed by atoms with Gasteiger partial charge in [-0.05, 0) is 31.0 Å². The molecule has 0 unspecified atom stereocenters. The van der Waals surface area contributed by atoms with Gasteiger partial charge < -0.3 is 10.6 Å². The summed E-state index contributed by atoms with van der Waals surface area (Å²) in [5.41, 5.74) is 2.46. The maximum Gasteiger partial charge on any atom is 0.0878 e. The Kier molecular flexibility index (Phi) is 2.04. The first-order valence-electron chi connectivity index (χ1n) is 5.05. The average molecular weight is 283 g/mol. The minimum Gasteiger partial charge on any atom is -0.382 e. The van der Waals surface area contributed by atoms with Crippen LogP contribution in [0.3, 0.4) is 0 Å². The lowest BCUT2D eigenvalue weighted by molar-refractivity contribution is 0.758. The molecule has 1 fully saturated rings. The highest BCUT2D eigenvalue weighted by Crippen LogP contribution is 2.49. The molecule has 1 aliphatic heterocycles. The van der Waals surface area contributed by atoms with Crippen molar-refractivity contribution in [1.29, 1.82) is 0 Å². The molecule has 78 valence electrons. The molecule has 2 N–H and O–H groups in total. The third-order valence-electron chi connectivity index (χ3n) is 3.18. The summed E-state index contributed by atoms with van der Waals surface area (Å²) in [6, 6.07) is 6.17. The number of benzene rings is 1. The summed E-state index contributed by atoms with van der Waals surface area (Å²) in [6.07, 6.45) is 2.42. The van der Waals surface area contributed by atoms with Crippen LogP contribution in [0.1, 0.15) is 12.8 Å². The molecule has 15 heavy (non-hydrogen) atoms. The van der Waals surface area contributed by atoms with Crippen LogP contribution >= 0.6 is 28.1 Å². The molecular weight excluding hydrogens is 272 g/mol. The van der Waals surface area contributed by atoms with Gasteiger partial charge >= 0.3 is 0 Å². The number of fused-ring (bicyclic) bond motifs is 1. The van der Waals surface area contributed by atoms with Crippen molar-refractivity contribution >= 4 is 44.5 Å². The Morgan fingerprint density at radius 1 is 1.27 bits per heavy atom. The lowest BCUT2D eigenvalue weighted by Crippen LogP contribution is -2.25. The lowest BCUT2D eigenvalue weighted by atomic mass is 10.1. The molecule has 0 aromatic heterocycles. The third-order valence-corrected chi connectivity index (χ3v) is 4.21. The molecule has 2 aliphatic rings. The fraction of sp³-hybridized carbons (Fsp3) is 0.364. The number of thiocarbonyl (C=S) groups is 1. The van der Waals surface area contributed by atoms with Crippen LogP contribution in [-0.4, -0.2) is 11.5 Å². The lowest BCUT2D eigenvalue weighted by Gasteiger charge is -2.12. The number of halogens is 1. The summed E-state index contributed by atoms with van der Waals surface area (Å²) in [5, 5.41) is 6.82. The van der Waals surface area contributed by atoms with E-state index in [0.717, 1.165) is 27.4 Å². The van der Waals surface area contributed by atoms with Crippen molar-refractivity contribution in [3.8, 4) is 0 Å². The molecule has 1 aromatic carbocycles. The summed E-state index contributed by atoms with van der Waals surface area (Å²) < 4.78 is 1.09. The van der Waals surface area contributed by atoms with Crippen LogP contribution in [-0.2, 0) is 0 Å². The molecule has 4 heteroatoms. The molecule has 1 aromatic rings. The highest BCUT2D eigenvalue weighted by Gasteiger charge is 2.47. The van der Waals surface area contributed by atoms with Crippen molar-refractivity contribution < 1.29 is 0 Å². The maximum absolute atomic E-state index is 5.44. The van der Waals surface area contributed by atoms with Crippen molar-refractivity contribution in [2.75, 3.05) is 17.2 Å². The van der Waals surface area contributed by atoms with E-state index in [1.54, 1.807) is 0 Å². The zero-order valence-electron chi connectivity index (χ0n) is 8.14. The summed E-state index contributed by atoms with van der Waals surface area (Å²) in [7, 11) is 0. The van der Waals surface area contributed by atoms with Gasteiger partial charge in [-0.3, -0.25) is 0 Å². The monoisotopic (exact) mass is 282 g/mol. The van der Waals surface area contributed by atoms with Crippen LogP contribution in [0.5, 0.6) is 0 Å². The molecule has 0 amide bonds. The Bertz CT molecular complexity index is 440. The largest absolute Gasteiger partial charge is 0.382 e. The van der Waals surface area contributed by atoms with Crippen LogP contribution in [0.4, 0.5) is 11.4 Å². The Hall–Kier alpha value is -0.610. The molecule has 3 rings (SSSR count). The van der Waals surface area contributed by atoms with E-state index in [2.05, 4.69) is 38.7 Å². The molecular formula is C11H11BrN2S. The first kappa shape index (κ1) is 9.60. The predicted molar refractivity (Wildman–Crippen MR) is 70.5 cm³/mol. The predicted octanol–water partition coefficient (Wildman–Crippen LogP) is 3.39. The second-order valence-electron chi connectivity index (χ2n) is 4.28. The van der Waals surface area contributed by atoms with Crippen LogP contribution in [0.2, 0.25) is 0 Å².